The van der Waals surface area contributed by atoms with Crippen LogP contribution in [0.15, 0.2) is 11.1 Å². The number of halogens is 1. The molecule has 5 nitrogen and oxygen atoms in total. The Morgan fingerprint density at radius 2 is 2.18 bits per heavy atom. The summed E-state index contributed by atoms with van der Waals surface area (Å²) in [5, 5.41) is 8.40. The van der Waals surface area contributed by atoms with Gasteiger partial charge in [-0.3, -0.25) is 4.52 Å². The van der Waals surface area contributed by atoms with E-state index in [4.69, 9.17) is 26.5 Å². The Labute approximate surface area is 68.5 Å². The monoisotopic (exact) mass is 202 g/mol. The lowest BCUT2D eigenvalue weighted by Gasteiger charge is -2.00. The quantitative estimate of drug-likeness (QED) is 0.568. The summed E-state index contributed by atoms with van der Waals surface area (Å²) in [6.07, 6.45) is 1.17. The van der Waals surface area contributed by atoms with Gasteiger partial charge in [-0.15, -0.1) is 0 Å². The summed E-state index contributed by atoms with van der Waals surface area (Å²) < 4.78 is 14.0. The normalized spacial score (nSPS) is 13.6. The minimum absolute atomic E-state index is 0.0819. The number of rotatable bonds is 4. The lowest BCUT2D eigenvalue weighted by atomic mass is 10.5. The molecule has 0 amide bonds. The van der Waals surface area contributed by atoms with Crippen LogP contribution < -0.4 is 0 Å². The van der Waals surface area contributed by atoms with Crippen LogP contribution in [0.4, 0.5) is 0 Å². The highest BCUT2D eigenvalue weighted by molar-refractivity contribution is 7.46. The molecule has 0 radical (unpaired) electrons. The van der Waals surface area contributed by atoms with E-state index in [-0.39, 0.29) is 18.2 Å². The first-order valence-electron chi connectivity index (χ1n) is 2.61. The van der Waals surface area contributed by atoms with Crippen molar-refractivity contribution in [2.24, 2.45) is 0 Å². The zero-order valence-corrected chi connectivity index (χ0v) is 7.13. The lowest BCUT2D eigenvalue weighted by molar-refractivity contribution is 0.215. The first kappa shape index (κ1) is 11.1. The molecule has 0 aromatic heterocycles. The highest BCUT2D eigenvalue weighted by Gasteiger charge is 2.11. The standard InChI is InChI=1S/C4H8ClO5P/c5-4(3-6)1-2-10-11(7,8)9/h1,6H,2-3H2,(H2,7,8,9)/b4-1-. The van der Waals surface area contributed by atoms with E-state index in [9.17, 15) is 4.57 Å². The van der Waals surface area contributed by atoms with Crippen molar-refractivity contribution in [1.82, 2.24) is 0 Å². The summed E-state index contributed by atoms with van der Waals surface area (Å²) in [4.78, 5) is 16.3. The molecule has 0 saturated heterocycles. The second-order valence-corrected chi connectivity index (χ2v) is 3.32. The van der Waals surface area contributed by atoms with Crippen LogP contribution in [0.3, 0.4) is 0 Å². The topological polar surface area (TPSA) is 87.0 Å². The average molecular weight is 203 g/mol. The van der Waals surface area contributed by atoms with E-state index in [0.717, 1.165) is 0 Å². The van der Waals surface area contributed by atoms with Gasteiger partial charge in [-0.2, -0.15) is 0 Å². The van der Waals surface area contributed by atoms with Crippen molar-refractivity contribution in [3.8, 4) is 0 Å². The molecule has 0 spiro atoms. The van der Waals surface area contributed by atoms with E-state index in [1.807, 2.05) is 0 Å². The van der Waals surface area contributed by atoms with Crippen molar-refractivity contribution in [3.05, 3.63) is 11.1 Å². The van der Waals surface area contributed by atoms with Crippen molar-refractivity contribution in [2.45, 2.75) is 0 Å². The van der Waals surface area contributed by atoms with E-state index in [1.165, 1.54) is 6.08 Å². The SMILES string of the molecule is O=P(O)(O)OC/C=C(\Cl)CO. The van der Waals surface area contributed by atoms with Gasteiger partial charge < -0.3 is 14.9 Å². The third-order valence-corrected chi connectivity index (χ3v) is 1.46. The third kappa shape index (κ3) is 8.00. The highest BCUT2D eigenvalue weighted by atomic mass is 35.5. The molecule has 0 saturated carbocycles. The summed E-state index contributed by atoms with van der Waals surface area (Å²) >= 11 is 5.27. The smallest absolute Gasteiger partial charge is 0.391 e. The molecule has 0 atom stereocenters. The molecule has 0 aromatic carbocycles. The van der Waals surface area contributed by atoms with Gasteiger partial charge in [-0.25, -0.2) is 4.57 Å². The molecule has 3 N–H and O–H groups in total. The Balaban J connectivity index is 3.66. The first-order valence-corrected chi connectivity index (χ1v) is 4.52. The largest absolute Gasteiger partial charge is 0.469 e. The summed E-state index contributed by atoms with van der Waals surface area (Å²) in [5.74, 6) is 0. The average Bonchev–Trinajstić information content (AvgIpc) is 1.85. The van der Waals surface area contributed by atoms with Crippen LogP contribution in [0.25, 0.3) is 0 Å². The van der Waals surface area contributed by atoms with Gasteiger partial charge in [0.2, 0.25) is 0 Å². The minimum Gasteiger partial charge on any atom is -0.391 e. The Morgan fingerprint density at radius 3 is 2.55 bits per heavy atom. The summed E-state index contributed by atoms with van der Waals surface area (Å²) in [7, 11) is -4.42. The fourth-order valence-corrected chi connectivity index (χ4v) is 0.621. The molecule has 0 aliphatic carbocycles. The van der Waals surface area contributed by atoms with E-state index < -0.39 is 7.82 Å². The Kier molecular flexibility index (Phi) is 4.92. The second-order valence-electron chi connectivity index (χ2n) is 1.60. The van der Waals surface area contributed by atoms with Crippen LogP contribution in [0.1, 0.15) is 0 Å². The maximum absolute atomic E-state index is 10.0. The first-order chi connectivity index (χ1) is 4.95. The van der Waals surface area contributed by atoms with Gasteiger partial charge in [0.05, 0.1) is 13.2 Å². The van der Waals surface area contributed by atoms with Crippen LogP contribution in [0.5, 0.6) is 0 Å². The zero-order valence-electron chi connectivity index (χ0n) is 5.47. The zero-order chi connectivity index (χ0) is 8.91. The van der Waals surface area contributed by atoms with E-state index in [2.05, 4.69) is 4.52 Å². The van der Waals surface area contributed by atoms with Crippen LogP contribution in [-0.4, -0.2) is 28.1 Å². The summed E-state index contributed by atoms with van der Waals surface area (Å²) in [5.41, 5.74) is 0. The number of phosphoric ester groups is 1. The van der Waals surface area contributed by atoms with Gasteiger partial charge in [-0.1, -0.05) is 11.6 Å². The molecule has 0 aliphatic rings. The predicted octanol–water partition coefficient (Wildman–Crippen LogP) is 0.211. The van der Waals surface area contributed by atoms with Gasteiger partial charge in [-0.05, 0) is 6.08 Å². The fraction of sp³-hybridized carbons (Fsp3) is 0.500. The highest BCUT2D eigenvalue weighted by Crippen LogP contribution is 2.35. The maximum Gasteiger partial charge on any atom is 0.469 e. The summed E-state index contributed by atoms with van der Waals surface area (Å²) in [6.45, 7) is -0.685. The van der Waals surface area contributed by atoms with Crippen molar-refractivity contribution in [1.29, 1.82) is 0 Å². The molecule has 0 fully saturated rings. The fourth-order valence-electron chi connectivity index (χ4n) is 0.289. The number of aliphatic hydroxyl groups excluding tert-OH is 1. The molecule has 0 bridgehead atoms. The number of phosphoric acid groups is 1. The van der Waals surface area contributed by atoms with E-state index >= 15 is 0 Å². The van der Waals surface area contributed by atoms with Gasteiger partial charge in [0.25, 0.3) is 0 Å². The number of hydrogen-bond acceptors (Lipinski definition) is 3. The maximum atomic E-state index is 10.0. The van der Waals surface area contributed by atoms with Gasteiger partial charge >= 0.3 is 7.82 Å². The lowest BCUT2D eigenvalue weighted by Crippen LogP contribution is -1.90. The molecule has 0 rings (SSSR count). The molecular formula is C4H8ClO5P. The van der Waals surface area contributed by atoms with Crippen molar-refractivity contribution in [2.75, 3.05) is 13.2 Å². The van der Waals surface area contributed by atoms with Crippen molar-refractivity contribution in [3.63, 3.8) is 0 Å². The Hall–Kier alpha value is 0.1000. The van der Waals surface area contributed by atoms with Crippen molar-refractivity contribution >= 4 is 19.4 Å². The van der Waals surface area contributed by atoms with E-state index in [1.54, 1.807) is 0 Å². The van der Waals surface area contributed by atoms with Crippen LogP contribution in [0.2, 0.25) is 0 Å². The molecule has 0 aliphatic heterocycles. The third-order valence-electron chi connectivity index (χ3n) is 0.699. The van der Waals surface area contributed by atoms with Crippen LogP contribution >= 0.6 is 19.4 Å². The second kappa shape index (κ2) is 4.87. The predicted molar refractivity (Wildman–Crippen MR) is 39.0 cm³/mol. The minimum atomic E-state index is -4.42. The van der Waals surface area contributed by atoms with Crippen molar-refractivity contribution < 1.29 is 24.0 Å². The molecule has 0 aromatic rings. The number of hydrogen-bond donors (Lipinski definition) is 3. The van der Waals surface area contributed by atoms with Crippen LogP contribution in [-0.2, 0) is 9.09 Å². The van der Waals surface area contributed by atoms with Gasteiger partial charge in [0.1, 0.15) is 0 Å². The van der Waals surface area contributed by atoms with Gasteiger partial charge in [0, 0.05) is 5.03 Å². The molecule has 0 heterocycles. The number of aliphatic hydroxyl groups is 1. The van der Waals surface area contributed by atoms with Crippen LogP contribution in [0, 0.1) is 0 Å². The Bertz CT molecular complexity index is 185. The van der Waals surface area contributed by atoms with Gasteiger partial charge in [0.15, 0.2) is 0 Å². The molecule has 11 heavy (non-hydrogen) atoms. The van der Waals surface area contributed by atoms with E-state index in [0.29, 0.717) is 0 Å². The molecule has 66 valence electrons. The molecular weight excluding hydrogens is 194 g/mol. The molecule has 7 heteroatoms. The molecule has 0 unspecified atom stereocenters. The Morgan fingerprint density at radius 1 is 1.64 bits per heavy atom. The summed E-state index contributed by atoms with van der Waals surface area (Å²) in [6, 6.07) is 0.